The monoisotopic (exact) mass is 688 g/mol. The van der Waals surface area contributed by atoms with Crippen LogP contribution < -0.4 is 5.32 Å². The number of ether oxygens (including phenoxy) is 1. The summed E-state index contributed by atoms with van der Waals surface area (Å²) in [7, 11) is -3.84. The Kier molecular flexibility index (Phi) is 14.5. The van der Waals surface area contributed by atoms with E-state index >= 15 is 0 Å². The first kappa shape index (κ1) is 39.0. The van der Waals surface area contributed by atoms with E-state index < -0.39 is 51.1 Å². The number of amides is 2. The zero-order valence-corrected chi connectivity index (χ0v) is 29.9. The maximum atomic E-state index is 14.0. The molecule has 0 aromatic rings. The molecule has 2 bridgehead atoms. The number of aliphatic imine (C=N–C) groups is 1. The standard InChI is InChI=1S/C35H52N4O8S/c1-7-38(8-2)18-19-48(45,46)30-15-17-39-32(30)35(44)47-33(23(3)4)25(6)11-14-31(42)36-16-9-10-24(5)20-27(40)22-28(41)21-26-12-13-29(37-26)34(39)43/h9-11,13-14,20,23,25,27,30,32-33,40H,7-8,12,15-19,21-22H2,1-6H3,(H,36,42)/b10-9+,14-11+,24-20+/t25-,27-,30-,32-,33-/m1/s1. The molecule has 2 N–H and O–H groups in total. The molecular formula is C35H52N4O8S. The van der Waals surface area contributed by atoms with Crippen LogP contribution in [-0.4, -0.2) is 115 Å². The van der Waals surface area contributed by atoms with Gasteiger partial charge in [-0.3, -0.25) is 19.4 Å². The number of hydrogen-bond donors (Lipinski definition) is 2. The van der Waals surface area contributed by atoms with Crippen molar-refractivity contribution in [2.75, 3.05) is 38.5 Å². The van der Waals surface area contributed by atoms with Gasteiger partial charge >= 0.3 is 5.97 Å². The summed E-state index contributed by atoms with van der Waals surface area (Å²) in [5.41, 5.74) is 1.21. The van der Waals surface area contributed by atoms with E-state index in [0.717, 1.165) is 5.57 Å². The van der Waals surface area contributed by atoms with Crippen molar-refractivity contribution in [1.29, 1.82) is 0 Å². The fourth-order valence-corrected chi connectivity index (χ4v) is 8.21. The zero-order chi connectivity index (χ0) is 35.6. The Morgan fingerprint density at radius 3 is 2.52 bits per heavy atom. The predicted octanol–water partition coefficient (Wildman–Crippen LogP) is 2.54. The number of allylic oxidation sites excluding steroid dienone is 3. The Morgan fingerprint density at radius 1 is 1.15 bits per heavy atom. The quantitative estimate of drug-likeness (QED) is 0.383. The summed E-state index contributed by atoms with van der Waals surface area (Å²) < 4.78 is 33.6. The lowest BCUT2D eigenvalue weighted by Crippen LogP contribution is -2.50. The van der Waals surface area contributed by atoms with E-state index in [2.05, 4.69) is 10.3 Å². The van der Waals surface area contributed by atoms with Gasteiger partial charge in [-0.05, 0) is 44.5 Å². The first-order valence-corrected chi connectivity index (χ1v) is 18.6. The second kappa shape index (κ2) is 17.8. The summed E-state index contributed by atoms with van der Waals surface area (Å²) in [6.07, 6.45) is 7.97. The molecule has 5 atom stereocenters. The van der Waals surface area contributed by atoms with Gasteiger partial charge in [0.1, 0.15) is 23.6 Å². The molecule has 0 radical (unpaired) electrons. The molecule has 0 saturated carbocycles. The van der Waals surface area contributed by atoms with Crippen molar-refractivity contribution in [2.45, 2.75) is 90.7 Å². The van der Waals surface area contributed by atoms with Gasteiger partial charge in [0.2, 0.25) is 5.91 Å². The van der Waals surface area contributed by atoms with E-state index in [9.17, 15) is 32.7 Å². The molecule has 3 aliphatic rings. The molecule has 0 aromatic heterocycles. The molecule has 266 valence electrons. The van der Waals surface area contributed by atoms with Crippen molar-refractivity contribution >= 4 is 39.1 Å². The van der Waals surface area contributed by atoms with Gasteiger partial charge in [-0.1, -0.05) is 64.5 Å². The first-order chi connectivity index (χ1) is 22.7. The van der Waals surface area contributed by atoms with Gasteiger partial charge in [-0.25, -0.2) is 13.2 Å². The second-order valence-electron chi connectivity index (χ2n) is 13.0. The number of nitrogens with one attached hydrogen (secondary N) is 1. The number of sulfone groups is 1. The molecule has 3 rings (SSSR count). The summed E-state index contributed by atoms with van der Waals surface area (Å²) in [5.74, 6) is -2.81. The maximum absolute atomic E-state index is 14.0. The van der Waals surface area contributed by atoms with Crippen LogP contribution in [0.15, 0.2) is 52.7 Å². The van der Waals surface area contributed by atoms with Gasteiger partial charge in [-0.2, -0.15) is 0 Å². The minimum atomic E-state index is -3.84. The van der Waals surface area contributed by atoms with E-state index in [1.807, 2.05) is 32.6 Å². The molecule has 0 spiro atoms. The van der Waals surface area contributed by atoms with Gasteiger partial charge in [0.05, 0.1) is 17.1 Å². The third kappa shape index (κ3) is 10.8. The van der Waals surface area contributed by atoms with Crippen LogP contribution in [0.3, 0.4) is 0 Å². The molecule has 2 amide bonds. The molecule has 0 aromatic carbocycles. The van der Waals surface area contributed by atoms with Crippen LogP contribution >= 0.6 is 0 Å². The number of aliphatic hydroxyl groups excluding tert-OH is 1. The number of carbonyl (C=O) groups is 4. The summed E-state index contributed by atoms with van der Waals surface area (Å²) >= 11 is 0. The molecule has 12 nitrogen and oxygen atoms in total. The molecule has 13 heteroatoms. The highest BCUT2D eigenvalue weighted by molar-refractivity contribution is 7.92. The van der Waals surface area contributed by atoms with Crippen LogP contribution in [0.25, 0.3) is 0 Å². The van der Waals surface area contributed by atoms with Gasteiger partial charge in [0, 0.05) is 50.5 Å². The van der Waals surface area contributed by atoms with Crippen LogP contribution in [0.5, 0.6) is 0 Å². The Balaban J connectivity index is 1.98. The largest absolute Gasteiger partial charge is 0.460 e. The van der Waals surface area contributed by atoms with E-state index in [-0.39, 0.29) is 67.8 Å². The summed E-state index contributed by atoms with van der Waals surface area (Å²) in [6.45, 7) is 13.1. The number of Topliss-reactive ketones (excluding diaryl/α,β-unsaturated/α-hetero) is 1. The first-order valence-electron chi connectivity index (χ1n) is 16.9. The third-order valence-corrected chi connectivity index (χ3v) is 11.1. The van der Waals surface area contributed by atoms with E-state index in [1.165, 1.54) is 11.0 Å². The summed E-state index contributed by atoms with van der Waals surface area (Å²) in [6, 6.07) is -1.39. The summed E-state index contributed by atoms with van der Waals surface area (Å²) in [5, 5.41) is 12.0. The van der Waals surface area contributed by atoms with Crippen LogP contribution in [0.1, 0.15) is 67.2 Å². The minimum absolute atomic E-state index is 0.0166. The van der Waals surface area contributed by atoms with Crippen molar-refractivity contribution in [3.05, 3.63) is 47.7 Å². The average molecular weight is 689 g/mol. The van der Waals surface area contributed by atoms with E-state index in [0.29, 0.717) is 25.3 Å². The van der Waals surface area contributed by atoms with E-state index in [4.69, 9.17) is 4.74 Å². The highest BCUT2D eigenvalue weighted by Crippen LogP contribution is 2.31. The van der Waals surface area contributed by atoms with Gasteiger partial charge in [-0.15, -0.1) is 0 Å². The smallest absolute Gasteiger partial charge is 0.330 e. The molecule has 3 heterocycles. The highest BCUT2D eigenvalue weighted by atomic mass is 32.2. The van der Waals surface area contributed by atoms with Crippen molar-refractivity contribution in [3.63, 3.8) is 0 Å². The third-order valence-electron chi connectivity index (χ3n) is 8.97. The highest BCUT2D eigenvalue weighted by Gasteiger charge is 2.50. The van der Waals surface area contributed by atoms with Crippen LogP contribution in [0.2, 0.25) is 0 Å². The molecule has 48 heavy (non-hydrogen) atoms. The van der Waals surface area contributed by atoms with Gasteiger partial charge < -0.3 is 25.0 Å². The van der Waals surface area contributed by atoms with Crippen molar-refractivity contribution in [1.82, 2.24) is 15.1 Å². The lowest BCUT2D eigenvalue weighted by atomic mass is 9.94. The van der Waals surface area contributed by atoms with E-state index in [1.54, 1.807) is 44.2 Å². The number of rotatable bonds is 7. The fraction of sp³-hybridized carbons (Fsp3) is 0.629. The Hall–Kier alpha value is -3.42. The number of nitrogens with zero attached hydrogens (tertiary/aromatic N) is 3. The number of fused-ring (bicyclic) bond motifs is 2. The lowest BCUT2D eigenvalue weighted by Gasteiger charge is -2.31. The fourth-order valence-electron chi connectivity index (χ4n) is 6.28. The van der Waals surface area contributed by atoms with Gasteiger partial charge in [0.15, 0.2) is 9.84 Å². The normalized spacial score (nSPS) is 29.5. The Bertz CT molecular complexity index is 1460. The molecular weight excluding hydrogens is 636 g/mol. The van der Waals surface area contributed by atoms with Crippen molar-refractivity contribution < 1.29 is 37.4 Å². The minimum Gasteiger partial charge on any atom is -0.460 e. The number of carbonyl (C=O) groups excluding carboxylic acids is 4. The number of aliphatic hydroxyl groups is 1. The Labute approximate surface area is 285 Å². The molecule has 0 aliphatic carbocycles. The van der Waals surface area contributed by atoms with Crippen LogP contribution in [-0.2, 0) is 33.8 Å². The number of esters is 1. The molecule has 1 saturated heterocycles. The van der Waals surface area contributed by atoms with Gasteiger partial charge in [0.25, 0.3) is 5.91 Å². The maximum Gasteiger partial charge on any atom is 0.330 e. The van der Waals surface area contributed by atoms with Crippen LogP contribution in [0, 0.1) is 11.8 Å². The lowest BCUT2D eigenvalue weighted by molar-refractivity contribution is -0.161. The topological polar surface area (TPSA) is 163 Å². The SMILES string of the molecule is CCN(CC)CCS(=O)(=O)[C@@H]1CCN2C(=O)C3=CCC(=N3)CC(=O)C[C@H](O)/C=C(C)/C=C/CNC(=O)/C=C/[C@@H](C)[C@@H](C(C)C)OC(=O)[C@@H]12. The summed E-state index contributed by atoms with van der Waals surface area (Å²) in [4.78, 5) is 60.8. The van der Waals surface area contributed by atoms with Crippen molar-refractivity contribution in [2.24, 2.45) is 16.8 Å². The van der Waals surface area contributed by atoms with Crippen molar-refractivity contribution in [3.8, 4) is 0 Å². The molecule has 3 aliphatic heterocycles. The predicted molar refractivity (Wildman–Crippen MR) is 185 cm³/mol. The molecule has 0 unspecified atom stereocenters. The number of cyclic esters (lactones) is 1. The molecule has 1 fully saturated rings. The van der Waals surface area contributed by atoms with Crippen LogP contribution in [0.4, 0.5) is 0 Å². The number of ketones is 1. The average Bonchev–Trinajstić information content (AvgIpc) is 3.68. The zero-order valence-electron chi connectivity index (χ0n) is 29.1. The number of hydrogen-bond acceptors (Lipinski definition) is 10. The Morgan fingerprint density at radius 2 is 1.85 bits per heavy atom. The second-order valence-corrected chi connectivity index (χ2v) is 15.4.